The van der Waals surface area contributed by atoms with Gasteiger partial charge in [-0.15, -0.1) is 0 Å². The molecule has 1 radical (unpaired) electrons. The molecule has 1 unspecified atom stereocenters. The lowest BCUT2D eigenvalue weighted by atomic mass is 9.97. The Hall–Kier alpha value is -0.980. The number of hydrogen-bond donors (Lipinski definition) is 1. The molecule has 0 spiro atoms. The van der Waals surface area contributed by atoms with Crippen LogP contribution in [0.25, 0.3) is 0 Å². The largest absolute Gasteiger partial charge is 0.382 e. The van der Waals surface area contributed by atoms with Crippen molar-refractivity contribution in [2.75, 3.05) is 5.32 Å². The molecule has 1 aliphatic rings. The van der Waals surface area contributed by atoms with Gasteiger partial charge in [0, 0.05) is 11.7 Å². The van der Waals surface area contributed by atoms with E-state index in [-0.39, 0.29) is 0 Å². The lowest BCUT2D eigenvalue weighted by molar-refractivity contribution is 0.696. The van der Waals surface area contributed by atoms with E-state index in [1.54, 1.807) is 0 Å². The van der Waals surface area contributed by atoms with Gasteiger partial charge < -0.3 is 5.32 Å². The highest BCUT2D eigenvalue weighted by molar-refractivity contribution is 5.54. The van der Waals surface area contributed by atoms with Crippen molar-refractivity contribution in [3.05, 3.63) is 36.2 Å². The summed E-state index contributed by atoms with van der Waals surface area (Å²) in [5, 5.41) is 3.49. The van der Waals surface area contributed by atoms with Gasteiger partial charge in [-0.25, -0.2) is 0 Å². The zero-order valence-electron chi connectivity index (χ0n) is 7.38. The molecule has 0 fully saturated rings. The molecule has 0 saturated heterocycles. The van der Waals surface area contributed by atoms with E-state index in [1.165, 1.54) is 24.1 Å². The third-order valence-corrected chi connectivity index (χ3v) is 2.49. The minimum absolute atomic E-state index is 0.569. The SMILES string of the molecule is C[CH]C1CCc2ccccc2N1. The van der Waals surface area contributed by atoms with Crippen LogP contribution in [0, 0.1) is 6.42 Å². The monoisotopic (exact) mass is 160 g/mol. The van der Waals surface area contributed by atoms with Crippen LogP contribution in [-0.2, 0) is 6.42 Å². The first-order valence-corrected chi connectivity index (χ1v) is 4.54. The number of nitrogens with one attached hydrogen (secondary N) is 1. The van der Waals surface area contributed by atoms with Crippen LogP contribution in [-0.4, -0.2) is 6.04 Å². The van der Waals surface area contributed by atoms with Crippen molar-refractivity contribution in [1.29, 1.82) is 0 Å². The van der Waals surface area contributed by atoms with Gasteiger partial charge in [0.1, 0.15) is 0 Å². The number of fused-ring (bicyclic) bond motifs is 1. The second-order valence-electron chi connectivity index (χ2n) is 3.28. The molecule has 0 amide bonds. The maximum atomic E-state index is 3.49. The summed E-state index contributed by atoms with van der Waals surface area (Å²) in [6.07, 6.45) is 4.67. The average molecular weight is 160 g/mol. The Morgan fingerprint density at radius 3 is 3.08 bits per heavy atom. The normalized spacial score (nSPS) is 21.2. The van der Waals surface area contributed by atoms with Gasteiger partial charge >= 0.3 is 0 Å². The van der Waals surface area contributed by atoms with Gasteiger partial charge in [0.2, 0.25) is 0 Å². The molecule has 0 aliphatic carbocycles. The van der Waals surface area contributed by atoms with Gasteiger partial charge in [0.15, 0.2) is 0 Å². The van der Waals surface area contributed by atoms with E-state index in [2.05, 4.69) is 42.9 Å². The minimum Gasteiger partial charge on any atom is -0.382 e. The molecular weight excluding hydrogens is 146 g/mol. The molecule has 0 aromatic heterocycles. The van der Waals surface area contributed by atoms with Crippen LogP contribution < -0.4 is 5.32 Å². The summed E-state index contributed by atoms with van der Waals surface area (Å²) in [6.45, 7) is 2.12. The first kappa shape index (κ1) is 7.66. The Morgan fingerprint density at radius 2 is 2.25 bits per heavy atom. The van der Waals surface area contributed by atoms with E-state index in [1.807, 2.05) is 0 Å². The van der Waals surface area contributed by atoms with Crippen LogP contribution in [0.4, 0.5) is 5.69 Å². The first-order valence-electron chi connectivity index (χ1n) is 4.54. The zero-order valence-corrected chi connectivity index (χ0v) is 7.38. The smallest absolute Gasteiger partial charge is 0.0374 e. The second-order valence-corrected chi connectivity index (χ2v) is 3.28. The van der Waals surface area contributed by atoms with Crippen LogP contribution in [0.1, 0.15) is 18.9 Å². The molecule has 0 saturated carbocycles. The van der Waals surface area contributed by atoms with E-state index < -0.39 is 0 Å². The fourth-order valence-electron chi connectivity index (χ4n) is 1.71. The lowest BCUT2D eigenvalue weighted by Gasteiger charge is -2.25. The molecule has 2 rings (SSSR count). The van der Waals surface area contributed by atoms with Gasteiger partial charge in [0.25, 0.3) is 0 Å². The standard InChI is InChI=1S/C11H14N/c1-2-10-8-7-9-5-3-4-6-11(9)12-10/h2-6,10,12H,7-8H2,1H3. The Bertz CT molecular complexity index is 267. The number of anilines is 1. The van der Waals surface area contributed by atoms with Crippen molar-refractivity contribution in [1.82, 2.24) is 0 Å². The predicted octanol–water partition coefficient (Wildman–Crippen LogP) is 2.64. The predicted molar refractivity (Wildman–Crippen MR) is 52.1 cm³/mol. The Balaban J connectivity index is 2.23. The second kappa shape index (κ2) is 3.18. The maximum Gasteiger partial charge on any atom is 0.0374 e. The fourth-order valence-corrected chi connectivity index (χ4v) is 1.71. The zero-order chi connectivity index (χ0) is 8.39. The summed E-state index contributed by atoms with van der Waals surface area (Å²) in [5.74, 6) is 0. The van der Waals surface area contributed by atoms with Gasteiger partial charge in [-0.3, -0.25) is 0 Å². The molecule has 1 aliphatic heterocycles. The third-order valence-electron chi connectivity index (χ3n) is 2.49. The molecule has 1 heterocycles. The highest BCUT2D eigenvalue weighted by Gasteiger charge is 2.14. The Labute approximate surface area is 73.8 Å². The molecule has 1 aromatic rings. The van der Waals surface area contributed by atoms with Crippen molar-refractivity contribution >= 4 is 5.69 Å². The lowest BCUT2D eigenvalue weighted by Crippen LogP contribution is -2.24. The molecule has 1 atom stereocenters. The topological polar surface area (TPSA) is 12.0 Å². The van der Waals surface area contributed by atoms with Crippen molar-refractivity contribution in [2.45, 2.75) is 25.8 Å². The van der Waals surface area contributed by atoms with Crippen molar-refractivity contribution in [2.24, 2.45) is 0 Å². The molecular formula is C11H14N. The van der Waals surface area contributed by atoms with Crippen molar-refractivity contribution in [3.63, 3.8) is 0 Å². The summed E-state index contributed by atoms with van der Waals surface area (Å²) in [6, 6.07) is 9.12. The molecule has 63 valence electrons. The van der Waals surface area contributed by atoms with E-state index in [0.717, 1.165) is 0 Å². The van der Waals surface area contributed by atoms with E-state index in [9.17, 15) is 0 Å². The number of rotatable bonds is 1. The van der Waals surface area contributed by atoms with Gasteiger partial charge in [-0.1, -0.05) is 25.1 Å². The third kappa shape index (κ3) is 1.31. The summed E-state index contributed by atoms with van der Waals surface area (Å²) >= 11 is 0. The average Bonchev–Trinajstić information content (AvgIpc) is 2.17. The molecule has 1 N–H and O–H groups in total. The molecule has 0 bridgehead atoms. The van der Waals surface area contributed by atoms with E-state index >= 15 is 0 Å². The van der Waals surface area contributed by atoms with Crippen LogP contribution in [0.2, 0.25) is 0 Å². The number of aryl methyl sites for hydroxylation is 1. The van der Waals surface area contributed by atoms with Crippen LogP contribution >= 0.6 is 0 Å². The fraction of sp³-hybridized carbons (Fsp3) is 0.364. The van der Waals surface area contributed by atoms with Gasteiger partial charge in [-0.2, -0.15) is 0 Å². The van der Waals surface area contributed by atoms with Gasteiger partial charge in [0.05, 0.1) is 0 Å². The van der Waals surface area contributed by atoms with E-state index in [4.69, 9.17) is 0 Å². The minimum atomic E-state index is 0.569. The highest BCUT2D eigenvalue weighted by Crippen LogP contribution is 2.24. The molecule has 12 heavy (non-hydrogen) atoms. The van der Waals surface area contributed by atoms with Gasteiger partial charge in [-0.05, 0) is 30.9 Å². The van der Waals surface area contributed by atoms with Crippen LogP contribution in [0.15, 0.2) is 24.3 Å². The van der Waals surface area contributed by atoms with Crippen LogP contribution in [0.3, 0.4) is 0 Å². The quantitative estimate of drug-likeness (QED) is 0.666. The first-order chi connectivity index (χ1) is 5.90. The Morgan fingerprint density at radius 1 is 1.42 bits per heavy atom. The van der Waals surface area contributed by atoms with Crippen LogP contribution in [0.5, 0.6) is 0 Å². The van der Waals surface area contributed by atoms with Crippen molar-refractivity contribution < 1.29 is 0 Å². The summed E-state index contributed by atoms with van der Waals surface area (Å²) in [5.41, 5.74) is 2.77. The number of hydrogen-bond acceptors (Lipinski definition) is 1. The summed E-state index contributed by atoms with van der Waals surface area (Å²) in [4.78, 5) is 0. The summed E-state index contributed by atoms with van der Waals surface area (Å²) in [7, 11) is 0. The highest BCUT2D eigenvalue weighted by atomic mass is 14.9. The molecule has 1 nitrogen and oxygen atoms in total. The maximum absolute atomic E-state index is 3.49. The molecule has 1 aromatic carbocycles. The summed E-state index contributed by atoms with van der Waals surface area (Å²) < 4.78 is 0. The van der Waals surface area contributed by atoms with Crippen molar-refractivity contribution in [3.8, 4) is 0 Å². The molecule has 1 heteroatoms. The van der Waals surface area contributed by atoms with E-state index in [0.29, 0.717) is 6.04 Å². The number of para-hydroxylation sites is 1. The Kier molecular flexibility index (Phi) is 2.03. The number of benzene rings is 1.